The number of para-hydroxylation sites is 2. The predicted molar refractivity (Wildman–Crippen MR) is 83.2 cm³/mol. The molecule has 1 saturated carbocycles. The Labute approximate surface area is 127 Å². The summed E-state index contributed by atoms with van der Waals surface area (Å²) in [5, 5.41) is 0. The van der Waals surface area contributed by atoms with Gasteiger partial charge in [0.15, 0.2) is 11.5 Å². The van der Waals surface area contributed by atoms with Crippen LogP contribution in [-0.2, 0) is 11.2 Å². The fraction of sp³-hybridized carbons (Fsp3) is 0.562. The molecule has 1 aromatic carbocycles. The van der Waals surface area contributed by atoms with Gasteiger partial charge in [-0.15, -0.1) is 0 Å². The van der Waals surface area contributed by atoms with Crippen LogP contribution in [0.3, 0.4) is 0 Å². The molecule has 1 aliphatic rings. The van der Waals surface area contributed by atoms with Gasteiger partial charge in [-0.05, 0) is 44.2 Å². The van der Waals surface area contributed by atoms with Gasteiger partial charge in [-0.1, -0.05) is 28.1 Å². The van der Waals surface area contributed by atoms with E-state index in [4.69, 9.17) is 9.15 Å². The number of hydrogen-bond donors (Lipinski definition) is 0. The van der Waals surface area contributed by atoms with Crippen molar-refractivity contribution in [2.75, 3.05) is 6.61 Å². The molecule has 1 aromatic heterocycles. The number of alkyl halides is 1. The predicted octanol–water partition coefficient (Wildman–Crippen LogP) is 4.34. The minimum Gasteiger partial charge on any atom is -0.441 e. The average Bonchev–Trinajstić information content (AvgIpc) is 2.78. The van der Waals surface area contributed by atoms with Gasteiger partial charge >= 0.3 is 0 Å². The van der Waals surface area contributed by atoms with Gasteiger partial charge in [0.1, 0.15) is 5.52 Å². The van der Waals surface area contributed by atoms with Crippen LogP contribution >= 0.6 is 15.9 Å². The molecule has 0 spiro atoms. The third-order valence-electron chi connectivity index (χ3n) is 3.92. The van der Waals surface area contributed by atoms with Crippen LogP contribution in [0.5, 0.6) is 0 Å². The molecule has 3 rings (SSSR count). The van der Waals surface area contributed by atoms with Gasteiger partial charge < -0.3 is 9.15 Å². The molecule has 0 N–H and O–H groups in total. The molecular weight excluding hydrogens is 318 g/mol. The quantitative estimate of drug-likeness (QED) is 0.735. The van der Waals surface area contributed by atoms with E-state index < -0.39 is 0 Å². The summed E-state index contributed by atoms with van der Waals surface area (Å²) in [4.78, 5) is 4.96. The molecule has 0 saturated heterocycles. The minimum atomic E-state index is 0.433. The Kier molecular flexibility index (Phi) is 4.41. The van der Waals surface area contributed by atoms with Crippen LogP contribution in [0.1, 0.15) is 32.1 Å². The highest BCUT2D eigenvalue weighted by atomic mass is 79.9. The lowest BCUT2D eigenvalue weighted by molar-refractivity contribution is -0.0264. The molecule has 0 bridgehead atoms. The number of fused-ring (bicyclic) bond motifs is 1. The fourth-order valence-electron chi connectivity index (χ4n) is 2.88. The van der Waals surface area contributed by atoms with Crippen LogP contribution in [0.15, 0.2) is 28.7 Å². The smallest absolute Gasteiger partial charge is 0.196 e. The van der Waals surface area contributed by atoms with Gasteiger partial charge in [-0.3, -0.25) is 0 Å². The van der Waals surface area contributed by atoms with Crippen LogP contribution in [0.2, 0.25) is 0 Å². The first-order valence-electron chi connectivity index (χ1n) is 7.34. The van der Waals surface area contributed by atoms with E-state index in [9.17, 15) is 0 Å². The van der Waals surface area contributed by atoms with Crippen molar-refractivity contribution >= 4 is 27.0 Å². The zero-order chi connectivity index (χ0) is 13.9. The minimum absolute atomic E-state index is 0.433. The number of oxazole rings is 1. The number of rotatable bonds is 6. The molecule has 1 aliphatic carbocycles. The third-order valence-corrected chi connectivity index (χ3v) is 4.62. The van der Waals surface area contributed by atoms with Gasteiger partial charge in [0.2, 0.25) is 0 Å². The van der Waals surface area contributed by atoms with Crippen LogP contribution in [0.25, 0.3) is 11.1 Å². The first-order valence-corrected chi connectivity index (χ1v) is 8.26. The van der Waals surface area contributed by atoms with Crippen molar-refractivity contribution in [2.45, 2.75) is 43.5 Å². The molecule has 1 heterocycles. The fourth-order valence-corrected chi connectivity index (χ4v) is 3.69. The van der Waals surface area contributed by atoms with E-state index >= 15 is 0 Å². The Bertz CT molecular complexity index is 529. The highest BCUT2D eigenvalue weighted by Crippen LogP contribution is 2.35. The molecule has 108 valence electrons. The molecule has 0 radical (unpaired) electrons. The summed E-state index contributed by atoms with van der Waals surface area (Å²) >= 11 is 3.77. The number of nitrogens with zero attached hydrogens (tertiary/aromatic N) is 1. The molecule has 0 aliphatic heterocycles. The van der Waals surface area contributed by atoms with Crippen molar-refractivity contribution in [3.05, 3.63) is 30.2 Å². The zero-order valence-corrected chi connectivity index (χ0v) is 13.3. The van der Waals surface area contributed by atoms with Crippen molar-refractivity contribution < 1.29 is 9.15 Å². The average molecular weight is 338 g/mol. The largest absolute Gasteiger partial charge is 0.441 e. The molecule has 3 nitrogen and oxygen atoms in total. The molecule has 1 unspecified atom stereocenters. The summed E-state index contributed by atoms with van der Waals surface area (Å²) in [5.74, 6) is 1.61. The van der Waals surface area contributed by atoms with Crippen LogP contribution < -0.4 is 0 Å². The maximum atomic E-state index is 5.77. The monoisotopic (exact) mass is 337 g/mol. The summed E-state index contributed by atoms with van der Waals surface area (Å²) in [7, 11) is 0. The zero-order valence-electron chi connectivity index (χ0n) is 11.7. The second kappa shape index (κ2) is 6.27. The van der Waals surface area contributed by atoms with Gasteiger partial charge in [-0.25, -0.2) is 4.98 Å². The molecule has 2 aromatic rings. The Balaban J connectivity index is 1.50. The second-order valence-electron chi connectivity index (χ2n) is 5.53. The Morgan fingerprint density at radius 1 is 1.40 bits per heavy atom. The van der Waals surface area contributed by atoms with E-state index in [1.165, 1.54) is 19.3 Å². The summed E-state index contributed by atoms with van der Waals surface area (Å²) < 4.78 is 11.4. The highest BCUT2D eigenvalue weighted by Gasteiger charge is 2.31. The van der Waals surface area contributed by atoms with Crippen LogP contribution in [-0.4, -0.2) is 22.5 Å². The van der Waals surface area contributed by atoms with E-state index in [1.807, 2.05) is 24.3 Å². The lowest BCUT2D eigenvalue weighted by Crippen LogP contribution is -2.33. The van der Waals surface area contributed by atoms with E-state index in [0.717, 1.165) is 35.9 Å². The maximum Gasteiger partial charge on any atom is 0.196 e. The number of aromatic nitrogens is 1. The highest BCUT2D eigenvalue weighted by molar-refractivity contribution is 9.09. The van der Waals surface area contributed by atoms with Gasteiger partial charge in [0.05, 0.1) is 6.10 Å². The summed E-state index contributed by atoms with van der Waals surface area (Å²) in [6.45, 7) is 2.89. The van der Waals surface area contributed by atoms with Crippen LogP contribution in [0, 0.1) is 5.92 Å². The van der Waals surface area contributed by atoms with E-state index in [-0.39, 0.29) is 0 Å². The van der Waals surface area contributed by atoms with Crippen molar-refractivity contribution in [1.29, 1.82) is 0 Å². The Hall–Kier alpha value is -0.870. The molecule has 4 heteroatoms. The van der Waals surface area contributed by atoms with E-state index in [0.29, 0.717) is 10.9 Å². The molecule has 1 fully saturated rings. The van der Waals surface area contributed by atoms with E-state index in [1.54, 1.807) is 0 Å². The van der Waals surface area contributed by atoms with Gasteiger partial charge in [-0.2, -0.15) is 0 Å². The number of hydrogen-bond acceptors (Lipinski definition) is 3. The number of ether oxygens (including phenoxy) is 1. The van der Waals surface area contributed by atoms with Crippen molar-refractivity contribution in [3.63, 3.8) is 0 Å². The summed E-state index contributed by atoms with van der Waals surface area (Å²) in [5.41, 5.74) is 1.82. The van der Waals surface area contributed by atoms with Gasteiger partial charge in [0, 0.05) is 17.9 Å². The molecule has 0 amide bonds. The number of halogens is 1. The van der Waals surface area contributed by atoms with Crippen LogP contribution in [0.4, 0.5) is 0 Å². The molecule has 1 atom stereocenters. The summed E-state index contributed by atoms with van der Waals surface area (Å²) in [6, 6.07) is 7.92. The van der Waals surface area contributed by atoms with Crippen molar-refractivity contribution in [2.24, 2.45) is 5.92 Å². The van der Waals surface area contributed by atoms with Gasteiger partial charge in [0.25, 0.3) is 0 Å². The second-order valence-corrected chi connectivity index (χ2v) is 6.82. The maximum absolute atomic E-state index is 5.77. The third kappa shape index (κ3) is 3.23. The van der Waals surface area contributed by atoms with E-state index in [2.05, 4.69) is 27.8 Å². The molecule has 20 heavy (non-hydrogen) atoms. The SMILES string of the molecule is CCOC1CC(CC(Br)Cc2nc3ccccc3o2)C1. The van der Waals surface area contributed by atoms with Crippen molar-refractivity contribution in [3.8, 4) is 0 Å². The Morgan fingerprint density at radius 3 is 2.95 bits per heavy atom. The Morgan fingerprint density at radius 2 is 2.20 bits per heavy atom. The topological polar surface area (TPSA) is 35.3 Å². The van der Waals surface area contributed by atoms with Crippen molar-refractivity contribution in [1.82, 2.24) is 4.98 Å². The first-order chi connectivity index (χ1) is 9.74. The lowest BCUT2D eigenvalue weighted by atomic mass is 9.79. The molecular formula is C16H20BrNO2. The first kappa shape index (κ1) is 14.1. The summed E-state index contributed by atoms with van der Waals surface area (Å²) in [6.07, 6.45) is 4.91. The lowest BCUT2D eigenvalue weighted by Gasteiger charge is -2.35. The standard InChI is InChI=1S/C16H20BrNO2/c1-2-19-13-8-11(9-13)7-12(17)10-16-18-14-5-3-4-6-15(14)20-16/h3-6,11-13H,2,7-10H2,1H3. The number of benzene rings is 1. The normalized spacial score (nSPS) is 23.7.